The average molecular weight is 403 g/mol. The van der Waals surface area contributed by atoms with Crippen molar-refractivity contribution in [2.24, 2.45) is 0 Å². The molecular formula is C20H23ClN4O3. The highest BCUT2D eigenvalue weighted by atomic mass is 35.5. The topological polar surface area (TPSA) is 68.8 Å². The molecule has 1 saturated heterocycles. The minimum atomic E-state index is -0.505. The molecule has 1 amide bonds. The van der Waals surface area contributed by atoms with E-state index in [1.807, 2.05) is 39.1 Å². The van der Waals surface area contributed by atoms with Gasteiger partial charge in [-0.15, -0.1) is 0 Å². The lowest BCUT2D eigenvalue weighted by Crippen LogP contribution is -2.42. The molecule has 0 spiro atoms. The van der Waals surface area contributed by atoms with Crippen molar-refractivity contribution < 1.29 is 9.53 Å². The van der Waals surface area contributed by atoms with Gasteiger partial charge in [-0.2, -0.15) is 9.61 Å². The summed E-state index contributed by atoms with van der Waals surface area (Å²) in [6.07, 6.45) is 3.07. The van der Waals surface area contributed by atoms with Gasteiger partial charge in [0.25, 0.3) is 5.56 Å². The van der Waals surface area contributed by atoms with Crippen molar-refractivity contribution in [3.8, 4) is 0 Å². The fourth-order valence-electron chi connectivity index (χ4n) is 3.69. The number of nitrogens with zero attached hydrogens (tertiary/aromatic N) is 4. The van der Waals surface area contributed by atoms with Crippen LogP contribution >= 0.6 is 11.6 Å². The first-order valence-electron chi connectivity index (χ1n) is 9.40. The summed E-state index contributed by atoms with van der Waals surface area (Å²) in [4.78, 5) is 26.4. The summed E-state index contributed by atoms with van der Waals surface area (Å²) in [6.45, 7) is 6.80. The average Bonchev–Trinajstić information content (AvgIpc) is 3.03. The third-order valence-electron chi connectivity index (χ3n) is 4.97. The van der Waals surface area contributed by atoms with Crippen LogP contribution in [0, 0.1) is 0 Å². The van der Waals surface area contributed by atoms with Gasteiger partial charge in [0.15, 0.2) is 0 Å². The van der Waals surface area contributed by atoms with E-state index in [2.05, 4.69) is 9.67 Å². The lowest BCUT2D eigenvalue weighted by molar-refractivity contribution is 0.0189. The lowest BCUT2D eigenvalue weighted by atomic mass is 10.0. The number of piperidine rings is 1. The van der Waals surface area contributed by atoms with E-state index in [9.17, 15) is 9.59 Å². The maximum atomic E-state index is 12.3. The second-order valence-electron chi connectivity index (χ2n) is 8.13. The Morgan fingerprint density at radius 2 is 1.93 bits per heavy atom. The monoisotopic (exact) mass is 402 g/mol. The molecule has 3 heterocycles. The van der Waals surface area contributed by atoms with Crippen LogP contribution in [0.15, 0.2) is 35.3 Å². The largest absolute Gasteiger partial charge is 0.444 e. The molecule has 1 fully saturated rings. The van der Waals surface area contributed by atoms with Crippen LogP contribution in [-0.4, -0.2) is 43.9 Å². The molecule has 0 radical (unpaired) electrons. The van der Waals surface area contributed by atoms with Crippen LogP contribution in [0.25, 0.3) is 16.6 Å². The molecule has 2 aromatic heterocycles. The number of ether oxygens (including phenoxy) is 1. The third kappa shape index (κ3) is 3.35. The normalized spacial score (nSPS) is 16.1. The molecule has 1 aromatic carbocycles. The number of halogens is 1. The van der Waals surface area contributed by atoms with E-state index in [1.165, 1.54) is 10.6 Å². The van der Waals surface area contributed by atoms with Gasteiger partial charge in [-0.05, 0) is 45.7 Å². The molecule has 7 nitrogen and oxygen atoms in total. The summed E-state index contributed by atoms with van der Waals surface area (Å²) < 4.78 is 8.97. The van der Waals surface area contributed by atoms with Crippen LogP contribution in [0.5, 0.6) is 0 Å². The Balaban J connectivity index is 1.65. The minimum absolute atomic E-state index is 0.153. The standard InChI is InChI=1S/C20H23ClN4O3/c1-20(2,3)28-19(27)23-10-7-13(8-11-23)24-12-9-16(26)25-18(24)14-5-4-6-15(21)17(14)22-25/h4-6,9,12-13H,7-8,10-11H2,1-3H3. The number of amides is 1. The lowest BCUT2D eigenvalue weighted by Gasteiger charge is -2.34. The van der Waals surface area contributed by atoms with Gasteiger partial charge in [0, 0.05) is 36.8 Å². The van der Waals surface area contributed by atoms with E-state index in [0.29, 0.717) is 23.6 Å². The van der Waals surface area contributed by atoms with Crippen LogP contribution in [0.3, 0.4) is 0 Å². The van der Waals surface area contributed by atoms with Crippen LogP contribution in [0.2, 0.25) is 5.02 Å². The van der Waals surface area contributed by atoms with Crippen molar-refractivity contribution in [1.29, 1.82) is 0 Å². The highest BCUT2D eigenvalue weighted by molar-refractivity contribution is 6.35. The number of carbonyl (C=O) groups is 1. The molecular weight excluding hydrogens is 380 g/mol. The highest BCUT2D eigenvalue weighted by Crippen LogP contribution is 2.30. The molecule has 28 heavy (non-hydrogen) atoms. The zero-order chi connectivity index (χ0) is 20.1. The van der Waals surface area contributed by atoms with E-state index < -0.39 is 5.60 Å². The van der Waals surface area contributed by atoms with Crippen molar-refractivity contribution >= 4 is 34.2 Å². The highest BCUT2D eigenvalue weighted by Gasteiger charge is 2.28. The number of hydrogen-bond acceptors (Lipinski definition) is 4. The smallest absolute Gasteiger partial charge is 0.410 e. The molecule has 0 aliphatic carbocycles. The van der Waals surface area contributed by atoms with Crippen LogP contribution in [0.1, 0.15) is 39.7 Å². The number of fused-ring (bicyclic) bond motifs is 3. The molecule has 0 bridgehead atoms. The molecule has 1 aliphatic heterocycles. The molecule has 0 atom stereocenters. The van der Waals surface area contributed by atoms with Gasteiger partial charge in [-0.1, -0.05) is 17.7 Å². The van der Waals surface area contributed by atoms with Crippen molar-refractivity contribution in [2.45, 2.75) is 45.3 Å². The molecule has 0 saturated carbocycles. The fraction of sp³-hybridized carbons (Fsp3) is 0.450. The van der Waals surface area contributed by atoms with Crippen LogP contribution < -0.4 is 5.56 Å². The molecule has 0 unspecified atom stereocenters. The number of hydrogen-bond donors (Lipinski definition) is 0. The molecule has 4 rings (SSSR count). The van der Waals surface area contributed by atoms with E-state index in [0.717, 1.165) is 23.9 Å². The van der Waals surface area contributed by atoms with Crippen molar-refractivity contribution in [3.05, 3.63) is 45.8 Å². The first-order valence-corrected chi connectivity index (χ1v) is 9.78. The molecule has 1 aliphatic rings. The maximum Gasteiger partial charge on any atom is 0.410 e. The first-order chi connectivity index (χ1) is 13.2. The van der Waals surface area contributed by atoms with Gasteiger partial charge >= 0.3 is 6.09 Å². The van der Waals surface area contributed by atoms with Gasteiger partial charge in [0.2, 0.25) is 0 Å². The van der Waals surface area contributed by atoms with Gasteiger partial charge < -0.3 is 14.2 Å². The Morgan fingerprint density at radius 1 is 1.21 bits per heavy atom. The molecule has 0 N–H and O–H groups in total. The number of rotatable bonds is 1. The van der Waals surface area contributed by atoms with E-state index >= 15 is 0 Å². The summed E-state index contributed by atoms with van der Waals surface area (Å²) in [6, 6.07) is 7.23. The number of aromatic nitrogens is 3. The Bertz CT molecular complexity index is 1100. The molecule has 3 aromatic rings. The zero-order valence-electron chi connectivity index (χ0n) is 16.2. The van der Waals surface area contributed by atoms with E-state index in [-0.39, 0.29) is 17.7 Å². The maximum absolute atomic E-state index is 12.3. The van der Waals surface area contributed by atoms with E-state index in [1.54, 1.807) is 11.0 Å². The van der Waals surface area contributed by atoms with E-state index in [4.69, 9.17) is 16.3 Å². The Kier molecular flexibility index (Phi) is 4.57. The Labute approximate surface area is 167 Å². The SMILES string of the molecule is CC(C)(C)OC(=O)N1CCC(n2ccc(=O)n3nc4c(Cl)cccc4c23)CC1. The van der Waals surface area contributed by atoms with Gasteiger partial charge in [-0.3, -0.25) is 4.79 Å². The van der Waals surface area contributed by atoms with Crippen molar-refractivity contribution in [2.75, 3.05) is 13.1 Å². The summed E-state index contributed by atoms with van der Waals surface area (Å²) in [5.41, 5.74) is 0.659. The quantitative estimate of drug-likeness (QED) is 0.619. The summed E-state index contributed by atoms with van der Waals surface area (Å²) >= 11 is 6.28. The second kappa shape index (κ2) is 6.81. The zero-order valence-corrected chi connectivity index (χ0v) is 16.9. The number of carbonyl (C=O) groups excluding carboxylic acids is 1. The minimum Gasteiger partial charge on any atom is -0.444 e. The Morgan fingerprint density at radius 3 is 2.61 bits per heavy atom. The first kappa shape index (κ1) is 18.8. The third-order valence-corrected chi connectivity index (χ3v) is 5.27. The summed E-state index contributed by atoms with van der Waals surface area (Å²) in [5.74, 6) is 0. The molecule has 148 valence electrons. The number of likely N-dealkylation sites (tertiary alicyclic amines) is 1. The van der Waals surface area contributed by atoms with Crippen molar-refractivity contribution in [3.63, 3.8) is 0 Å². The Hall–Kier alpha value is -2.54. The van der Waals surface area contributed by atoms with Crippen LogP contribution in [-0.2, 0) is 4.74 Å². The van der Waals surface area contributed by atoms with Gasteiger partial charge in [0.1, 0.15) is 16.8 Å². The van der Waals surface area contributed by atoms with Crippen molar-refractivity contribution in [1.82, 2.24) is 19.1 Å². The van der Waals surface area contributed by atoms with Gasteiger partial charge in [-0.25, -0.2) is 4.79 Å². The summed E-state index contributed by atoms with van der Waals surface area (Å²) in [5, 5.41) is 5.79. The predicted octanol–water partition coefficient (Wildman–Crippen LogP) is 3.87. The molecule has 8 heteroatoms. The number of benzene rings is 1. The fourth-order valence-corrected chi connectivity index (χ4v) is 3.91. The summed E-state index contributed by atoms with van der Waals surface area (Å²) in [7, 11) is 0. The van der Waals surface area contributed by atoms with Crippen LogP contribution in [0.4, 0.5) is 4.79 Å². The predicted molar refractivity (Wildman–Crippen MR) is 108 cm³/mol. The second-order valence-corrected chi connectivity index (χ2v) is 8.54. The van der Waals surface area contributed by atoms with Gasteiger partial charge in [0.05, 0.1) is 5.02 Å².